The fraction of sp³-hybridized carbons (Fsp3) is 0.0952. The van der Waals surface area contributed by atoms with Crippen molar-refractivity contribution in [2.24, 2.45) is 0 Å². The summed E-state index contributed by atoms with van der Waals surface area (Å²) in [5.74, 6) is 0. The van der Waals surface area contributed by atoms with Crippen molar-refractivity contribution in [1.82, 2.24) is 9.38 Å². The molecule has 0 aliphatic carbocycles. The lowest BCUT2D eigenvalue weighted by atomic mass is 9.95. The van der Waals surface area contributed by atoms with Crippen molar-refractivity contribution < 1.29 is 0 Å². The first-order valence-electron chi connectivity index (χ1n) is 8.08. The van der Waals surface area contributed by atoms with E-state index < -0.39 is 0 Å². The molecule has 4 heteroatoms. The van der Waals surface area contributed by atoms with Crippen molar-refractivity contribution in [1.29, 1.82) is 0 Å². The predicted octanol–water partition coefficient (Wildman–Crippen LogP) is 4.76. The van der Waals surface area contributed by atoms with E-state index in [4.69, 9.17) is 11.6 Å². The largest absolute Gasteiger partial charge is 0.268 e. The average molecular weight is 323 g/mol. The molecule has 5 rings (SSSR count). The molecule has 0 fully saturated rings. The van der Waals surface area contributed by atoms with Gasteiger partial charge in [-0.15, -0.1) is 0 Å². The highest BCUT2D eigenvalue weighted by Gasteiger charge is 2.17. The summed E-state index contributed by atoms with van der Waals surface area (Å²) in [6, 6.07) is 13.3. The molecule has 0 amide bonds. The molecule has 2 heterocycles. The SMILES string of the molecule is [C-]#[N+]c1ccc2c(c1)nc1c3ccc(C)c4c(C)ccc(c(=O)n21)c43. The second kappa shape index (κ2) is 4.55. The maximum Gasteiger partial charge on any atom is 0.264 e. The Labute approximate surface area is 143 Å². The second-order valence-electron chi connectivity index (χ2n) is 6.47. The Morgan fingerprint density at radius 1 is 0.960 bits per heavy atom. The van der Waals surface area contributed by atoms with Gasteiger partial charge >= 0.3 is 0 Å². The highest BCUT2D eigenvalue weighted by atomic mass is 16.1. The van der Waals surface area contributed by atoms with Gasteiger partial charge in [-0.2, -0.15) is 0 Å². The van der Waals surface area contributed by atoms with Crippen LogP contribution in [0, 0.1) is 20.4 Å². The zero-order valence-electron chi connectivity index (χ0n) is 13.8. The Morgan fingerprint density at radius 2 is 1.68 bits per heavy atom. The number of nitrogens with zero attached hydrogens (tertiary/aromatic N) is 3. The number of aromatic nitrogens is 2. The molecule has 2 aromatic heterocycles. The van der Waals surface area contributed by atoms with E-state index in [9.17, 15) is 4.79 Å². The molecule has 0 aliphatic heterocycles. The van der Waals surface area contributed by atoms with Crippen LogP contribution in [0.25, 0.3) is 43.1 Å². The third-order valence-corrected chi connectivity index (χ3v) is 5.02. The van der Waals surface area contributed by atoms with Crippen LogP contribution in [0.1, 0.15) is 11.1 Å². The maximum absolute atomic E-state index is 13.2. The normalized spacial score (nSPS) is 11.7. The first kappa shape index (κ1) is 13.9. The minimum absolute atomic E-state index is 0.0591. The quantitative estimate of drug-likeness (QED) is 0.385. The average Bonchev–Trinajstić information content (AvgIpc) is 3.00. The van der Waals surface area contributed by atoms with E-state index in [0.717, 1.165) is 32.8 Å². The Bertz CT molecular complexity index is 1430. The molecule has 0 radical (unpaired) electrons. The van der Waals surface area contributed by atoms with E-state index in [0.29, 0.717) is 22.2 Å². The predicted molar refractivity (Wildman–Crippen MR) is 101 cm³/mol. The number of fused-ring (bicyclic) bond motifs is 4. The van der Waals surface area contributed by atoms with Gasteiger partial charge < -0.3 is 0 Å². The summed E-state index contributed by atoms with van der Waals surface area (Å²) in [7, 11) is 0. The van der Waals surface area contributed by atoms with Crippen molar-refractivity contribution in [2.75, 3.05) is 0 Å². The van der Waals surface area contributed by atoms with Gasteiger partial charge in [-0.05, 0) is 48.6 Å². The van der Waals surface area contributed by atoms with Crippen molar-refractivity contribution in [3.8, 4) is 0 Å². The van der Waals surface area contributed by atoms with Crippen LogP contribution in [0.5, 0.6) is 0 Å². The summed E-state index contributed by atoms with van der Waals surface area (Å²) in [6.45, 7) is 11.3. The van der Waals surface area contributed by atoms with Crippen LogP contribution < -0.4 is 5.56 Å². The summed E-state index contributed by atoms with van der Waals surface area (Å²) in [4.78, 5) is 21.4. The van der Waals surface area contributed by atoms with E-state index in [1.54, 1.807) is 16.5 Å². The number of imidazole rings is 1. The fourth-order valence-electron chi connectivity index (χ4n) is 3.88. The molecule has 25 heavy (non-hydrogen) atoms. The van der Waals surface area contributed by atoms with Crippen LogP contribution in [-0.4, -0.2) is 9.38 Å². The van der Waals surface area contributed by atoms with E-state index >= 15 is 0 Å². The molecule has 118 valence electrons. The number of hydrogen-bond donors (Lipinski definition) is 0. The number of rotatable bonds is 0. The summed E-state index contributed by atoms with van der Waals surface area (Å²) < 4.78 is 1.67. The molecular formula is C21H13N3O. The third-order valence-electron chi connectivity index (χ3n) is 5.02. The Balaban J connectivity index is 2.16. The summed E-state index contributed by atoms with van der Waals surface area (Å²) in [5, 5.41) is 3.79. The molecule has 0 saturated heterocycles. The fourth-order valence-corrected chi connectivity index (χ4v) is 3.88. The molecule has 0 spiro atoms. The molecule has 0 aliphatic rings. The summed E-state index contributed by atoms with van der Waals surface area (Å²) in [6.07, 6.45) is 0. The van der Waals surface area contributed by atoms with Crippen molar-refractivity contribution in [2.45, 2.75) is 13.8 Å². The molecule has 0 N–H and O–H groups in total. The molecule has 0 saturated carbocycles. The topological polar surface area (TPSA) is 38.7 Å². The summed E-state index contributed by atoms with van der Waals surface area (Å²) in [5.41, 5.74) is 4.86. The Morgan fingerprint density at radius 3 is 2.40 bits per heavy atom. The summed E-state index contributed by atoms with van der Waals surface area (Å²) >= 11 is 0. The molecular weight excluding hydrogens is 310 g/mol. The maximum atomic E-state index is 13.2. The van der Waals surface area contributed by atoms with Gasteiger partial charge in [0, 0.05) is 16.2 Å². The lowest BCUT2D eigenvalue weighted by molar-refractivity contribution is 1.19. The van der Waals surface area contributed by atoms with Crippen LogP contribution in [0.15, 0.2) is 47.3 Å². The highest BCUT2D eigenvalue weighted by molar-refractivity contribution is 6.17. The van der Waals surface area contributed by atoms with Gasteiger partial charge in [0.15, 0.2) is 5.69 Å². The number of aryl methyl sites for hydroxylation is 2. The van der Waals surface area contributed by atoms with E-state index in [-0.39, 0.29) is 5.56 Å². The Hall–Kier alpha value is -3.45. The van der Waals surface area contributed by atoms with Crippen molar-refractivity contribution >= 4 is 43.9 Å². The molecule has 3 aromatic carbocycles. The minimum atomic E-state index is -0.0591. The zero-order chi connectivity index (χ0) is 17.3. The molecule has 4 nitrogen and oxygen atoms in total. The zero-order valence-corrected chi connectivity index (χ0v) is 13.8. The minimum Gasteiger partial charge on any atom is -0.268 e. The lowest BCUT2D eigenvalue weighted by Gasteiger charge is -2.11. The third kappa shape index (κ3) is 1.65. The van der Waals surface area contributed by atoms with E-state index in [1.807, 2.05) is 24.3 Å². The number of benzene rings is 3. The second-order valence-corrected chi connectivity index (χ2v) is 6.47. The molecule has 0 unspecified atom stereocenters. The lowest BCUT2D eigenvalue weighted by Crippen LogP contribution is -2.13. The van der Waals surface area contributed by atoms with E-state index in [2.05, 4.69) is 24.8 Å². The molecule has 5 aromatic rings. The van der Waals surface area contributed by atoms with Crippen LogP contribution in [0.2, 0.25) is 0 Å². The van der Waals surface area contributed by atoms with E-state index in [1.165, 1.54) is 0 Å². The van der Waals surface area contributed by atoms with Gasteiger partial charge in [0.2, 0.25) is 0 Å². The van der Waals surface area contributed by atoms with Crippen molar-refractivity contribution in [3.63, 3.8) is 0 Å². The smallest absolute Gasteiger partial charge is 0.264 e. The van der Waals surface area contributed by atoms with Gasteiger partial charge in [0.25, 0.3) is 5.56 Å². The van der Waals surface area contributed by atoms with Gasteiger partial charge in [-0.3, -0.25) is 9.20 Å². The van der Waals surface area contributed by atoms with Crippen LogP contribution >= 0.6 is 0 Å². The number of hydrogen-bond acceptors (Lipinski definition) is 2. The van der Waals surface area contributed by atoms with Crippen molar-refractivity contribution in [3.05, 3.63) is 75.4 Å². The highest BCUT2D eigenvalue weighted by Crippen LogP contribution is 2.33. The Kier molecular flexibility index (Phi) is 2.54. The molecule has 0 bridgehead atoms. The first-order valence-corrected chi connectivity index (χ1v) is 8.08. The van der Waals surface area contributed by atoms with Crippen LogP contribution in [-0.2, 0) is 0 Å². The van der Waals surface area contributed by atoms with Crippen LogP contribution in [0.4, 0.5) is 5.69 Å². The van der Waals surface area contributed by atoms with Crippen LogP contribution in [0.3, 0.4) is 0 Å². The van der Waals surface area contributed by atoms with Gasteiger partial charge in [-0.1, -0.05) is 24.3 Å². The van der Waals surface area contributed by atoms with Gasteiger partial charge in [-0.25, -0.2) is 9.83 Å². The first-order chi connectivity index (χ1) is 12.1. The number of pyridine rings is 1. The molecule has 0 atom stereocenters. The monoisotopic (exact) mass is 323 g/mol. The standard InChI is InChI=1S/C21H13N3O/c1-11-4-7-14-19-15(8-5-12(2)18(11)19)21(25)24-17-9-6-13(22-3)10-16(17)23-20(14)24/h4-10H,1-2H3. The van der Waals surface area contributed by atoms with Gasteiger partial charge in [0.1, 0.15) is 5.65 Å². The van der Waals surface area contributed by atoms with Gasteiger partial charge in [0.05, 0.1) is 17.6 Å².